The Morgan fingerprint density at radius 3 is 2.41 bits per heavy atom. The van der Waals surface area contributed by atoms with Crippen LogP contribution in [0, 0.1) is 5.92 Å². The van der Waals surface area contributed by atoms with Gasteiger partial charge in [0.2, 0.25) is 5.91 Å². The third kappa shape index (κ3) is 4.34. The van der Waals surface area contributed by atoms with Crippen LogP contribution < -0.4 is 10.6 Å². The van der Waals surface area contributed by atoms with E-state index in [0.717, 1.165) is 12.8 Å². The van der Waals surface area contributed by atoms with Gasteiger partial charge in [0.15, 0.2) is 0 Å². The largest absolute Gasteiger partial charge is 0.481 e. The molecule has 1 aliphatic carbocycles. The zero-order chi connectivity index (χ0) is 19.4. The summed E-state index contributed by atoms with van der Waals surface area (Å²) in [7, 11) is 0. The van der Waals surface area contributed by atoms with E-state index in [1.165, 1.54) is 0 Å². The summed E-state index contributed by atoms with van der Waals surface area (Å²) >= 11 is 0. The average molecular weight is 366 g/mol. The van der Waals surface area contributed by atoms with Crippen molar-refractivity contribution in [2.45, 2.75) is 25.2 Å². The van der Waals surface area contributed by atoms with E-state index < -0.39 is 11.4 Å². The van der Waals surface area contributed by atoms with Gasteiger partial charge in [-0.1, -0.05) is 36.4 Å². The second-order valence-corrected chi connectivity index (χ2v) is 7.03. The minimum Gasteiger partial charge on any atom is -0.481 e. The molecule has 27 heavy (non-hydrogen) atoms. The standard InChI is InChI=1S/C21H22N2O4/c1-21(20(26)27,16-7-3-2-4-8-16)13-22-18(24)15-6-5-9-17(12-15)23-19(25)14-10-11-14/h2-9,12,14H,10-11,13H2,1H3,(H,22,24)(H,23,25)(H,26,27). The van der Waals surface area contributed by atoms with Crippen molar-refractivity contribution >= 4 is 23.5 Å². The molecule has 140 valence electrons. The Balaban J connectivity index is 1.69. The zero-order valence-electron chi connectivity index (χ0n) is 15.1. The lowest BCUT2D eigenvalue weighted by atomic mass is 9.82. The highest BCUT2D eigenvalue weighted by Gasteiger charge is 2.35. The van der Waals surface area contributed by atoms with Crippen molar-refractivity contribution in [3.8, 4) is 0 Å². The van der Waals surface area contributed by atoms with Gasteiger partial charge in [-0.3, -0.25) is 14.4 Å². The fourth-order valence-corrected chi connectivity index (χ4v) is 2.79. The molecule has 6 nitrogen and oxygen atoms in total. The average Bonchev–Trinajstić information content (AvgIpc) is 3.52. The van der Waals surface area contributed by atoms with Crippen LogP contribution in [0.15, 0.2) is 54.6 Å². The molecule has 0 spiro atoms. The summed E-state index contributed by atoms with van der Waals surface area (Å²) in [4.78, 5) is 36.2. The maximum atomic E-state index is 12.5. The van der Waals surface area contributed by atoms with Crippen LogP contribution in [0.2, 0.25) is 0 Å². The van der Waals surface area contributed by atoms with Gasteiger partial charge in [-0.25, -0.2) is 0 Å². The number of carbonyl (C=O) groups is 3. The lowest BCUT2D eigenvalue weighted by molar-refractivity contribution is -0.143. The van der Waals surface area contributed by atoms with Gasteiger partial charge in [0.05, 0.1) is 0 Å². The van der Waals surface area contributed by atoms with Crippen LogP contribution in [-0.2, 0) is 15.0 Å². The van der Waals surface area contributed by atoms with E-state index in [4.69, 9.17) is 0 Å². The predicted molar refractivity (Wildman–Crippen MR) is 102 cm³/mol. The topological polar surface area (TPSA) is 95.5 Å². The molecule has 3 rings (SSSR count). The number of carboxylic acid groups (broad SMARTS) is 1. The van der Waals surface area contributed by atoms with Crippen molar-refractivity contribution in [3.05, 3.63) is 65.7 Å². The molecule has 6 heteroatoms. The van der Waals surface area contributed by atoms with E-state index in [0.29, 0.717) is 16.8 Å². The maximum absolute atomic E-state index is 12.5. The molecule has 3 N–H and O–H groups in total. The third-order valence-corrected chi connectivity index (χ3v) is 4.83. The lowest BCUT2D eigenvalue weighted by Crippen LogP contribution is -2.44. The fraction of sp³-hybridized carbons (Fsp3) is 0.286. The van der Waals surface area contributed by atoms with Crippen LogP contribution in [0.4, 0.5) is 5.69 Å². The first-order valence-corrected chi connectivity index (χ1v) is 8.88. The van der Waals surface area contributed by atoms with Gasteiger partial charge < -0.3 is 15.7 Å². The van der Waals surface area contributed by atoms with Crippen LogP contribution in [0.5, 0.6) is 0 Å². The van der Waals surface area contributed by atoms with E-state index >= 15 is 0 Å². The molecule has 2 aromatic rings. The summed E-state index contributed by atoms with van der Waals surface area (Å²) in [6, 6.07) is 15.4. The van der Waals surface area contributed by atoms with Gasteiger partial charge in [-0.2, -0.15) is 0 Å². The van der Waals surface area contributed by atoms with Gasteiger partial charge in [-0.15, -0.1) is 0 Å². The van der Waals surface area contributed by atoms with E-state index in [9.17, 15) is 19.5 Å². The molecule has 1 unspecified atom stereocenters. The summed E-state index contributed by atoms with van der Waals surface area (Å²) in [5, 5.41) is 15.2. The molecule has 2 amide bonds. The first-order chi connectivity index (χ1) is 12.9. The minimum atomic E-state index is -1.24. The van der Waals surface area contributed by atoms with Crippen molar-refractivity contribution in [1.82, 2.24) is 5.32 Å². The highest BCUT2D eigenvalue weighted by molar-refractivity contribution is 5.98. The van der Waals surface area contributed by atoms with Crippen molar-refractivity contribution in [3.63, 3.8) is 0 Å². The Hall–Kier alpha value is -3.15. The third-order valence-electron chi connectivity index (χ3n) is 4.83. The monoisotopic (exact) mass is 366 g/mol. The number of aliphatic carboxylic acids is 1. The minimum absolute atomic E-state index is 0.0323. The molecule has 0 aliphatic heterocycles. The number of nitrogens with one attached hydrogen (secondary N) is 2. The first kappa shape index (κ1) is 18.6. The number of hydrogen-bond donors (Lipinski definition) is 3. The molecule has 1 saturated carbocycles. The Labute approximate surface area is 157 Å². The molecular formula is C21H22N2O4. The highest BCUT2D eigenvalue weighted by atomic mass is 16.4. The SMILES string of the molecule is CC(CNC(=O)c1cccc(NC(=O)C2CC2)c1)(C(=O)O)c1ccccc1. The molecule has 0 aromatic heterocycles. The summed E-state index contributed by atoms with van der Waals surface area (Å²) in [5.41, 5.74) is 0.297. The lowest BCUT2D eigenvalue weighted by Gasteiger charge is -2.25. The Morgan fingerprint density at radius 2 is 1.78 bits per heavy atom. The number of carboxylic acids is 1. The van der Waals surface area contributed by atoms with E-state index in [-0.39, 0.29) is 24.3 Å². The first-order valence-electron chi connectivity index (χ1n) is 8.88. The number of hydrogen-bond acceptors (Lipinski definition) is 3. The Bertz CT molecular complexity index is 861. The molecule has 1 fully saturated rings. The van der Waals surface area contributed by atoms with Crippen LogP contribution in [0.1, 0.15) is 35.7 Å². The van der Waals surface area contributed by atoms with Gasteiger partial charge >= 0.3 is 5.97 Å². The van der Waals surface area contributed by atoms with Gasteiger partial charge in [-0.05, 0) is 43.5 Å². The van der Waals surface area contributed by atoms with Crippen molar-refractivity contribution in [2.75, 3.05) is 11.9 Å². The molecule has 0 radical (unpaired) electrons. The summed E-state index contributed by atoms with van der Waals surface area (Å²) in [6.07, 6.45) is 1.80. The van der Waals surface area contributed by atoms with E-state index in [1.807, 2.05) is 6.07 Å². The number of carbonyl (C=O) groups excluding carboxylic acids is 2. The second-order valence-electron chi connectivity index (χ2n) is 7.03. The van der Waals surface area contributed by atoms with Crippen molar-refractivity contribution in [2.24, 2.45) is 5.92 Å². The summed E-state index contributed by atoms with van der Waals surface area (Å²) < 4.78 is 0. The van der Waals surface area contributed by atoms with Crippen LogP contribution in [-0.4, -0.2) is 29.4 Å². The van der Waals surface area contributed by atoms with Crippen LogP contribution in [0.3, 0.4) is 0 Å². The number of anilines is 1. The van der Waals surface area contributed by atoms with Crippen LogP contribution >= 0.6 is 0 Å². The summed E-state index contributed by atoms with van der Waals surface area (Å²) in [5.74, 6) is -1.36. The number of benzene rings is 2. The molecule has 0 heterocycles. The van der Waals surface area contributed by atoms with Gasteiger partial charge in [0, 0.05) is 23.7 Å². The molecule has 1 aliphatic rings. The molecule has 0 bridgehead atoms. The highest BCUT2D eigenvalue weighted by Crippen LogP contribution is 2.30. The van der Waals surface area contributed by atoms with Crippen molar-refractivity contribution < 1.29 is 19.5 Å². The van der Waals surface area contributed by atoms with E-state index in [1.54, 1.807) is 55.5 Å². The molecule has 0 saturated heterocycles. The van der Waals surface area contributed by atoms with E-state index in [2.05, 4.69) is 10.6 Å². The number of amides is 2. The van der Waals surface area contributed by atoms with Crippen molar-refractivity contribution in [1.29, 1.82) is 0 Å². The quantitative estimate of drug-likeness (QED) is 0.702. The predicted octanol–water partition coefficient (Wildman–Crippen LogP) is 2.81. The smallest absolute Gasteiger partial charge is 0.315 e. The molecule has 2 aromatic carbocycles. The Morgan fingerprint density at radius 1 is 1.07 bits per heavy atom. The maximum Gasteiger partial charge on any atom is 0.315 e. The fourth-order valence-electron chi connectivity index (χ4n) is 2.79. The summed E-state index contributed by atoms with van der Waals surface area (Å²) in [6.45, 7) is 1.53. The van der Waals surface area contributed by atoms with Gasteiger partial charge in [0.25, 0.3) is 5.91 Å². The normalized spacial score (nSPS) is 15.4. The van der Waals surface area contributed by atoms with Crippen LogP contribution in [0.25, 0.3) is 0 Å². The second kappa shape index (κ2) is 7.61. The Kier molecular flexibility index (Phi) is 5.26. The number of rotatable bonds is 7. The molecular weight excluding hydrogens is 344 g/mol. The van der Waals surface area contributed by atoms with Gasteiger partial charge in [0.1, 0.15) is 5.41 Å². The molecule has 1 atom stereocenters. The zero-order valence-corrected chi connectivity index (χ0v) is 15.1.